The molecule has 8 nitrogen and oxygen atoms in total. The van der Waals surface area contributed by atoms with E-state index in [2.05, 4.69) is 15.4 Å². The van der Waals surface area contributed by atoms with Crippen molar-refractivity contribution in [2.45, 2.75) is 25.4 Å². The molecule has 3 aromatic rings. The number of carbonyl (C=O) groups excluding carboxylic acids is 1. The monoisotopic (exact) mass is 374 g/mol. The third-order valence-corrected chi connectivity index (χ3v) is 4.59. The summed E-state index contributed by atoms with van der Waals surface area (Å²) >= 11 is 0. The molecule has 1 fully saturated rings. The van der Waals surface area contributed by atoms with Crippen LogP contribution in [-0.4, -0.2) is 31.8 Å². The van der Waals surface area contributed by atoms with Gasteiger partial charge in [-0.15, -0.1) is 5.10 Å². The normalized spacial score (nSPS) is 13.1. The van der Waals surface area contributed by atoms with Gasteiger partial charge in [0.05, 0.1) is 18.2 Å². The molecule has 1 amide bonds. The average Bonchev–Trinajstić information content (AvgIpc) is 3.52. The zero-order valence-electron chi connectivity index (χ0n) is 15.1. The Hall–Kier alpha value is -3.73. The van der Waals surface area contributed by atoms with Gasteiger partial charge in [0.1, 0.15) is 0 Å². The Balaban J connectivity index is 1.47. The van der Waals surface area contributed by atoms with Crippen LogP contribution in [0.15, 0.2) is 53.6 Å². The van der Waals surface area contributed by atoms with Gasteiger partial charge in [0.15, 0.2) is 5.82 Å². The van der Waals surface area contributed by atoms with Crippen molar-refractivity contribution in [3.8, 4) is 17.5 Å². The SMILES string of the molecule is N#Cc1ccc(C(=O)NCCn2nc(-c3cccnc3)n(C3CC3)c2=O)cc1. The topological polar surface area (TPSA) is 106 Å². The quantitative estimate of drug-likeness (QED) is 0.707. The Morgan fingerprint density at radius 1 is 1.25 bits per heavy atom. The first-order valence-electron chi connectivity index (χ1n) is 9.05. The van der Waals surface area contributed by atoms with Gasteiger partial charge in [-0.25, -0.2) is 9.48 Å². The summed E-state index contributed by atoms with van der Waals surface area (Å²) in [7, 11) is 0. The van der Waals surface area contributed by atoms with Crippen molar-refractivity contribution >= 4 is 5.91 Å². The molecule has 0 atom stereocenters. The summed E-state index contributed by atoms with van der Waals surface area (Å²) in [6.45, 7) is 0.542. The van der Waals surface area contributed by atoms with Crippen molar-refractivity contribution in [1.82, 2.24) is 24.6 Å². The number of carbonyl (C=O) groups is 1. The third kappa shape index (κ3) is 3.55. The molecule has 1 aliphatic carbocycles. The van der Waals surface area contributed by atoms with Crippen LogP contribution in [0.5, 0.6) is 0 Å². The summed E-state index contributed by atoms with van der Waals surface area (Å²) in [5.74, 6) is 0.352. The Kier molecular flexibility index (Phi) is 4.72. The molecule has 1 aliphatic rings. The van der Waals surface area contributed by atoms with Crippen LogP contribution in [0.3, 0.4) is 0 Å². The Labute approximate surface area is 161 Å². The highest BCUT2D eigenvalue weighted by Crippen LogP contribution is 2.36. The van der Waals surface area contributed by atoms with Gasteiger partial charge >= 0.3 is 5.69 Å². The van der Waals surface area contributed by atoms with Gasteiger partial charge in [-0.1, -0.05) is 0 Å². The van der Waals surface area contributed by atoms with Crippen molar-refractivity contribution in [1.29, 1.82) is 5.26 Å². The second-order valence-corrected chi connectivity index (χ2v) is 6.62. The van der Waals surface area contributed by atoms with Gasteiger partial charge in [0.2, 0.25) is 0 Å². The van der Waals surface area contributed by atoms with Crippen molar-refractivity contribution in [3.05, 3.63) is 70.4 Å². The van der Waals surface area contributed by atoms with Crippen molar-refractivity contribution in [3.63, 3.8) is 0 Å². The third-order valence-electron chi connectivity index (χ3n) is 4.59. The highest BCUT2D eigenvalue weighted by Gasteiger charge is 2.30. The van der Waals surface area contributed by atoms with E-state index >= 15 is 0 Å². The molecular formula is C20H18N6O2. The number of rotatable bonds is 6. The van der Waals surface area contributed by atoms with E-state index < -0.39 is 0 Å². The zero-order valence-corrected chi connectivity index (χ0v) is 15.1. The lowest BCUT2D eigenvalue weighted by atomic mass is 10.1. The fourth-order valence-electron chi connectivity index (χ4n) is 2.99. The first-order chi connectivity index (χ1) is 13.7. The summed E-state index contributed by atoms with van der Waals surface area (Å²) in [6.07, 6.45) is 5.30. The van der Waals surface area contributed by atoms with Crippen LogP contribution in [0.4, 0.5) is 0 Å². The highest BCUT2D eigenvalue weighted by molar-refractivity contribution is 5.94. The molecule has 1 aromatic carbocycles. The molecule has 0 unspecified atom stereocenters. The minimum absolute atomic E-state index is 0.172. The van der Waals surface area contributed by atoms with Gasteiger partial charge < -0.3 is 5.32 Å². The first kappa shape index (κ1) is 17.7. The minimum Gasteiger partial charge on any atom is -0.350 e. The van der Waals surface area contributed by atoms with Gasteiger partial charge in [-0.05, 0) is 49.2 Å². The number of hydrogen-bond donors (Lipinski definition) is 1. The highest BCUT2D eigenvalue weighted by atomic mass is 16.2. The molecule has 2 aromatic heterocycles. The van der Waals surface area contributed by atoms with Crippen LogP contribution in [0, 0.1) is 11.3 Å². The van der Waals surface area contributed by atoms with Gasteiger partial charge in [0.25, 0.3) is 5.91 Å². The summed E-state index contributed by atoms with van der Waals surface area (Å²) in [5, 5.41) is 16.1. The molecule has 0 saturated heterocycles. The van der Waals surface area contributed by atoms with Crippen LogP contribution in [-0.2, 0) is 6.54 Å². The van der Waals surface area contributed by atoms with Gasteiger partial charge in [0, 0.05) is 36.1 Å². The van der Waals surface area contributed by atoms with E-state index in [1.54, 1.807) is 41.2 Å². The maximum atomic E-state index is 12.8. The molecule has 2 heterocycles. The van der Waals surface area contributed by atoms with E-state index in [1.807, 2.05) is 18.2 Å². The van der Waals surface area contributed by atoms with Gasteiger partial charge in [-0.3, -0.25) is 14.3 Å². The minimum atomic E-state index is -0.258. The van der Waals surface area contributed by atoms with E-state index in [0.29, 0.717) is 17.0 Å². The second-order valence-electron chi connectivity index (χ2n) is 6.62. The van der Waals surface area contributed by atoms with Crippen molar-refractivity contribution in [2.75, 3.05) is 6.54 Å². The number of nitriles is 1. The fourth-order valence-corrected chi connectivity index (χ4v) is 2.99. The van der Waals surface area contributed by atoms with E-state index in [1.165, 1.54) is 4.68 Å². The number of nitrogens with zero attached hydrogens (tertiary/aromatic N) is 5. The molecule has 0 aliphatic heterocycles. The van der Waals surface area contributed by atoms with Crippen molar-refractivity contribution in [2.24, 2.45) is 0 Å². The first-order valence-corrected chi connectivity index (χ1v) is 9.05. The summed E-state index contributed by atoms with van der Waals surface area (Å²) in [6, 6.07) is 12.3. The molecule has 0 spiro atoms. The molecular weight excluding hydrogens is 356 g/mol. The zero-order chi connectivity index (χ0) is 19.5. The van der Waals surface area contributed by atoms with Crippen LogP contribution < -0.4 is 11.0 Å². The Bertz CT molecular complexity index is 1090. The smallest absolute Gasteiger partial charge is 0.346 e. The van der Waals surface area contributed by atoms with E-state index in [0.717, 1.165) is 18.4 Å². The number of hydrogen-bond acceptors (Lipinski definition) is 5. The largest absolute Gasteiger partial charge is 0.350 e. The fraction of sp³-hybridized carbons (Fsp3) is 0.250. The lowest BCUT2D eigenvalue weighted by Gasteiger charge is -2.05. The predicted molar refractivity (Wildman–Crippen MR) is 101 cm³/mol. The summed E-state index contributed by atoms with van der Waals surface area (Å²) in [5.41, 5.74) is 1.59. The van der Waals surface area contributed by atoms with E-state index in [-0.39, 0.29) is 30.7 Å². The van der Waals surface area contributed by atoms with Crippen LogP contribution in [0.1, 0.15) is 34.8 Å². The maximum absolute atomic E-state index is 12.8. The molecule has 28 heavy (non-hydrogen) atoms. The molecule has 0 radical (unpaired) electrons. The number of nitrogens with one attached hydrogen (secondary N) is 1. The Morgan fingerprint density at radius 3 is 2.68 bits per heavy atom. The summed E-state index contributed by atoms with van der Waals surface area (Å²) in [4.78, 5) is 29.1. The maximum Gasteiger partial charge on any atom is 0.346 e. The van der Waals surface area contributed by atoms with E-state index in [4.69, 9.17) is 5.26 Å². The molecule has 140 valence electrons. The Morgan fingerprint density at radius 2 is 2.04 bits per heavy atom. The van der Waals surface area contributed by atoms with Crippen LogP contribution >= 0.6 is 0 Å². The number of benzene rings is 1. The van der Waals surface area contributed by atoms with Gasteiger partial charge in [-0.2, -0.15) is 5.26 Å². The number of amides is 1. The lowest BCUT2D eigenvalue weighted by Crippen LogP contribution is -2.32. The lowest BCUT2D eigenvalue weighted by molar-refractivity contribution is 0.0951. The predicted octanol–water partition coefficient (Wildman–Crippen LogP) is 1.74. The average molecular weight is 374 g/mol. The molecule has 0 bridgehead atoms. The van der Waals surface area contributed by atoms with Crippen molar-refractivity contribution < 1.29 is 4.79 Å². The van der Waals surface area contributed by atoms with Crippen LogP contribution in [0.2, 0.25) is 0 Å². The molecule has 1 saturated carbocycles. The van der Waals surface area contributed by atoms with E-state index in [9.17, 15) is 9.59 Å². The molecule has 8 heteroatoms. The summed E-state index contributed by atoms with van der Waals surface area (Å²) < 4.78 is 3.11. The number of aromatic nitrogens is 4. The molecule has 1 N–H and O–H groups in total. The van der Waals surface area contributed by atoms with Crippen LogP contribution in [0.25, 0.3) is 11.4 Å². The second kappa shape index (κ2) is 7.48. The number of pyridine rings is 1. The standard InChI is InChI=1S/C20H18N6O2/c21-12-14-3-5-15(6-4-14)19(27)23-10-11-25-20(28)26(17-7-8-17)18(24-25)16-2-1-9-22-13-16/h1-6,9,13,17H,7-8,10-11H2,(H,23,27). The molecule has 4 rings (SSSR count).